The zero-order valence-corrected chi connectivity index (χ0v) is 8.97. The predicted molar refractivity (Wildman–Crippen MR) is 61.6 cm³/mol. The van der Waals surface area contributed by atoms with Crippen molar-refractivity contribution in [3.05, 3.63) is 28.7 Å². The number of aliphatic carboxylic acids is 1. The number of carboxylic acid groups (broad SMARTS) is 1. The molecule has 5 heteroatoms. The van der Waals surface area contributed by atoms with Gasteiger partial charge in [-0.3, -0.25) is 9.59 Å². The number of hydrogen-bond donors (Lipinski definition) is 2. The lowest BCUT2D eigenvalue weighted by atomic mass is 9.99. The maximum absolute atomic E-state index is 12.3. The number of nitrogens with two attached hydrogens (primary N) is 1. The molecule has 0 heterocycles. The predicted octanol–water partition coefficient (Wildman–Crippen LogP) is 2.22. The van der Waals surface area contributed by atoms with Crippen LogP contribution in [0.2, 0.25) is 5.02 Å². The molecule has 0 aromatic heterocycles. The molecular weight excluding hydrogens is 230 g/mol. The Bertz CT molecular complexity index is 647. The standard InChI is InChI=1S/C11H12ClNO3/c1-6(11(15)16)4-10(14)8-3-2-7(12)5-9(8)13/h2-3,5-6H,4,13H2,1H3,(H,15,16)/t6-/m0/s1/i2D,3D,4D2,5D,6D. The third kappa shape index (κ3) is 2.97. The number of carboxylic acids is 1. The van der Waals surface area contributed by atoms with Gasteiger partial charge in [0.1, 0.15) is 0 Å². The average Bonchev–Trinajstić information content (AvgIpc) is 2.42. The van der Waals surface area contributed by atoms with Gasteiger partial charge in [0, 0.05) is 26.8 Å². The molecule has 1 atom stereocenters. The summed E-state index contributed by atoms with van der Waals surface area (Å²) < 4.78 is 45.6. The van der Waals surface area contributed by atoms with Crippen molar-refractivity contribution in [1.29, 1.82) is 0 Å². The van der Waals surface area contributed by atoms with E-state index in [4.69, 9.17) is 30.7 Å². The summed E-state index contributed by atoms with van der Waals surface area (Å²) in [4.78, 5) is 23.3. The van der Waals surface area contributed by atoms with Crippen LogP contribution in [0.1, 0.15) is 31.9 Å². The quantitative estimate of drug-likeness (QED) is 0.632. The molecule has 1 aromatic carbocycles. The van der Waals surface area contributed by atoms with Crippen LogP contribution in [-0.2, 0) is 4.79 Å². The van der Waals surface area contributed by atoms with E-state index >= 15 is 0 Å². The van der Waals surface area contributed by atoms with E-state index in [0.29, 0.717) is 6.92 Å². The van der Waals surface area contributed by atoms with Gasteiger partial charge in [0.05, 0.1) is 10.0 Å². The molecule has 0 aliphatic rings. The van der Waals surface area contributed by atoms with Gasteiger partial charge in [-0.1, -0.05) is 18.5 Å². The van der Waals surface area contributed by atoms with Crippen molar-refractivity contribution in [1.82, 2.24) is 0 Å². The molecule has 0 aliphatic carbocycles. The van der Waals surface area contributed by atoms with E-state index in [1.54, 1.807) is 0 Å². The van der Waals surface area contributed by atoms with Gasteiger partial charge in [-0.15, -0.1) is 0 Å². The van der Waals surface area contributed by atoms with E-state index in [2.05, 4.69) is 0 Å². The van der Waals surface area contributed by atoms with Crippen LogP contribution in [0, 0.1) is 5.89 Å². The minimum absolute atomic E-state index is 0.480. The first-order valence-electron chi connectivity index (χ1n) is 7.11. The molecular formula is C11H12ClNO3. The Kier molecular flexibility index (Phi) is 1.95. The smallest absolute Gasteiger partial charge is 0.306 e. The molecule has 0 saturated carbocycles. The van der Waals surface area contributed by atoms with Crippen LogP contribution in [0.3, 0.4) is 0 Å². The highest BCUT2D eigenvalue weighted by molar-refractivity contribution is 6.31. The van der Waals surface area contributed by atoms with E-state index in [-0.39, 0.29) is 0 Å². The molecule has 0 unspecified atom stereocenters. The summed E-state index contributed by atoms with van der Waals surface area (Å²) in [5, 5.41) is 8.43. The van der Waals surface area contributed by atoms with Crippen LogP contribution in [0.15, 0.2) is 18.1 Å². The summed E-state index contributed by atoms with van der Waals surface area (Å²) in [6.45, 7) is 0.687. The molecule has 1 aromatic rings. The van der Waals surface area contributed by atoms with Crippen molar-refractivity contribution < 1.29 is 22.9 Å². The fourth-order valence-corrected chi connectivity index (χ4v) is 1.01. The molecule has 0 fully saturated rings. The summed E-state index contributed by atoms with van der Waals surface area (Å²) in [6.07, 6.45) is -3.24. The van der Waals surface area contributed by atoms with Crippen molar-refractivity contribution >= 4 is 29.0 Å². The van der Waals surface area contributed by atoms with E-state index < -0.39 is 58.4 Å². The SMILES string of the molecule is [2H]c1c([2H])c(C(=O)C([2H])([2H])[C@]([2H])(C)C(=O)O)c(N)c([2H])c1Cl. The van der Waals surface area contributed by atoms with E-state index in [1.807, 2.05) is 0 Å². The largest absolute Gasteiger partial charge is 0.481 e. The Labute approximate surface area is 106 Å². The highest BCUT2D eigenvalue weighted by Crippen LogP contribution is 2.20. The lowest BCUT2D eigenvalue weighted by Gasteiger charge is -2.07. The topological polar surface area (TPSA) is 80.4 Å². The number of rotatable bonds is 4. The van der Waals surface area contributed by atoms with Crippen LogP contribution in [0.25, 0.3) is 0 Å². The second kappa shape index (κ2) is 4.99. The van der Waals surface area contributed by atoms with Gasteiger partial charge in [-0.25, -0.2) is 0 Å². The fraction of sp³-hybridized carbons (Fsp3) is 0.273. The number of Topliss-reactive ketones (excluding diaryl/α,β-unsaturated/α-hetero) is 1. The lowest BCUT2D eigenvalue weighted by Crippen LogP contribution is -2.15. The van der Waals surface area contributed by atoms with E-state index in [0.717, 1.165) is 0 Å². The van der Waals surface area contributed by atoms with Gasteiger partial charge < -0.3 is 10.8 Å². The summed E-state index contributed by atoms with van der Waals surface area (Å²) in [5.41, 5.74) is 4.03. The zero-order valence-electron chi connectivity index (χ0n) is 14.2. The van der Waals surface area contributed by atoms with Gasteiger partial charge in [0.2, 0.25) is 0 Å². The van der Waals surface area contributed by atoms with Crippen LogP contribution < -0.4 is 5.73 Å². The van der Waals surface area contributed by atoms with E-state index in [1.165, 1.54) is 0 Å². The summed E-state index contributed by atoms with van der Waals surface area (Å²) >= 11 is 5.61. The normalized spacial score (nSPS) is 20.4. The van der Waals surface area contributed by atoms with Gasteiger partial charge in [-0.05, 0) is 18.1 Å². The molecule has 4 nitrogen and oxygen atoms in total. The van der Waals surface area contributed by atoms with Crippen molar-refractivity contribution in [2.75, 3.05) is 5.73 Å². The first kappa shape index (κ1) is 6.25. The maximum atomic E-state index is 12.3. The van der Waals surface area contributed by atoms with Gasteiger partial charge >= 0.3 is 5.97 Å². The monoisotopic (exact) mass is 247 g/mol. The minimum Gasteiger partial charge on any atom is -0.481 e. The van der Waals surface area contributed by atoms with Gasteiger partial charge in [-0.2, -0.15) is 0 Å². The molecule has 0 spiro atoms. The number of ketones is 1. The molecule has 16 heavy (non-hydrogen) atoms. The maximum Gasteiger partial charge on any atom is 0.306 e. The Balaban J connectivity index is 3.64. The highest BCUT2D eigenvalue weighted by Gasteiger charge is 2.18. The van der Waals surface area contributed by atoms with Crippen molar-refractivity contribution in [2.45, 2.75) is 13.3 Å². The van der Waals surface area contributed by atoms with Crippen LogP contribution >= 0.6 is 11.6 Å². The van der Waals surface area contributed by atoms with Crippen molar-refractivity contribution in [3.63, 3.8) is 0 Å². The number of carbonyl (C=O) groups is 2. The van der Waals surface area contributed by atoms with Crippen molar-refractivity contribution in [2.24, 2.45) is 5.89 Å². The second-order valence-corrected chi connectivity index (χ2v) is 3.24. The first-order valence-corrected chi connectivity index (χ1v) is 4.49. The van der Waals surface area contributed by atoms with Crippen molar-refractivity contribution in [3.8, 4) is 0 Å². The minimum atomic E-state index is -3.24. The van der Waals surface area contributed by atoms with Crippen LogP contribution in [0.4, 0.5) is 5.69 Å². The lowest BCUT2D eigenvalue weighted by molar-refractivity contribution is -0.141. The first-order chi connectivity index (χ1) is 9.78. The molecule has 0 saturated heterocycles. The second-order valence-electron chi connectivity index (χ2n) is 2.86. The molecule has 3 N–H and O–H groups in total. The molecule has 0 radical (unpaired) electrons. The number of nitrogen functional groups attached to an aromatic ring is 1. The summed E-state index contributed by atoms with van der Waals surface area (Å²) in [7, 11) is 0. The number of anilines is 1. The Morgan fingerprint density at radius 1 is 1.75 bits per heavy atom. The number of hydrogen-bond acceptors (Lipinski definition) is 3. The Hall–Kier alpha value is -1.55. The third-order valence-electron chi connectivity index (χ3n) is 1.66. The van der Waals surface area contributed by atoms with Crippen LogP contribution in [0.5, 0.6) is 0 Å². The number of halogens is 1. The fourth-order valence-electron chi connectivity index (χ4n) is 0.862. The third-order valence-corrected chi connectivity index (χ3v) is 1.85. The van der Waals surface area contributed by atoms with Gasteiger partial charge in [0.25, 0.3) is 0 Å². The average molecular weight is 248 g/mol. The highest BCUT2D eigenvalue weighted by atomic mass is 35.5. The Morgan fingerprint density at radius 3 is 2.94 bits per heavy atom. The summed E-state index contributed by atoms with van der Waals surface area (Å²) in [6, 6.07) is -2.17. The van der Waals surface area contributed by atoms with Crippen LogP contribution in [-0.4, -0.2) is 16.9 Å². The molecule has 0 aliphatic heterocycles. The summed E-state index contributed by atoms with van der Waals surface area (Å²) in [5.74, 6) is -6.30. The Morgan fingerprint density at radius 2 is 2.38 bits per heavy atom. The molecule has 0 bridgehead atoms. The number of benzene rings is 1. The molecule has 1 rings (SSSR count). The van der Waals surface area contributed by atoms with E-state index in [9.17, 15) is 9.59 Å². The molecule has 0 amide bonds. The van der Waals surface area contributed by atoms with Gasteiger partial charge in [0.15, 0.2) is 5.78 Å². The number of carbonyl (C=O) groups excluding carboxylic acids is 1. The zero-order chi connectivity index (χ0) is 17.6. The molecule has 86 valence electrons.